The fourth-order valence-electron chi connectivity index (χ4n) is 1.58. The third-order valence-corrected chi connectivity index (χ3v) is 3.28. The zero-order chi connectivity index (χ0) is 14.8. The topological polar surface area (TPSA) is 35.8 Å². The Morgan fingerprint density at radius 3 is 2.25 bits per heavy atom. The van der Waals surface area contributed by atoms with Gasteiger partial charge in [-0.05, 0) is 58.4 Å². The molecule has 0 saturated carbocycles. The van der Waals surface area contributed by atoms with Gasteiger partial charge in [0.15, 0.2) is 0 Å². The van der Waals surface area contributed by atoms with Gasteiger partial charge in [-0.25, -0.2) is 0 Å². The summed E-state index contributed by atoms with van der Waals surface area (Å²) in [6.45, 7) is 0. The molecule has 0 unspecified atom stereocenters. The first-order valence-electron chi connectivity index (χ1n) is 5.54. The van der Waals surface area contributed by atoms with Crippen LogP contribution in [0.25, 0.3) is 0 Å². The van der Waals surface area contributed by atoms with Crippen LogP contribution in [-0.4, -0.2) is 0 Å². The van der Waals surface area contributed by atoms with Crippen molar-refractivity contribution < 1.29 is 13.2 Å². The van der Waals surface area contributed by atoms with Gasteiger partial charge < -0.3 is 5.32 Å². The lowest BCUT2D eigenvalue weighted by Gasteiger charge is -2.12. The number of nitriles is 1. The molecule has 0 bridgehead atoms. The monoisotopic (exact) mass is 340 g/mol. The van der Waals surface area contributed by atoms with Crippen LogP contribution in [0.2, 0.25) is 0 Å². The van der Waals surface area contributed by atoms with Gasteiger partial charge in [0.25, 0.3) is 0 Å². The van der Waals surface area contributed by atoms with E-state index >= 15 is 0 Å². The molecule has 6 heteroatoms. The molecule has 0 aliphatic rings. The van der Waals surface area contributed by atoms with E-state index < -0.39 is 11.7 Å². The van der Waals surface area contributed by atoms with E-state index in [0.717, 1.165) is 12.1 Å². The number of rotatable bonds is 2. The predicted octanol–water partition coefficient (Wildman–Crippen LogP) is 5.08. The van der Waals surface area contributed by atoms with Crippen molar-refractivity contribution in [1.82, 2.24) is 0 Å². The molecule has 2 rings (SSSR count). The number of anilines is 2. The summed E-state index contributed by atoms with van der Waals surface area (Å²) in [5.74, 6) is 0. The fraction of sp³-hybridized carbons (Fsp3) is 0.0714. The zero-order valence-electron chi connectivity index (χ0n) is 10.0. The highest BCUT2D eigenvalue weighted by Crippen LogP contribution is 2.35. The van der Waals surface area contributed by atoms with Gasteiger partial charge in [-0.15, -0.1) is 0 Å². The number of halogens is 4. The van der Waals surface area contributed by atoms with Gasteiger partial charge >= 0.3 is 6.18 Å². The van der Waals surface area contributed by atoms with Crippen molar-refractivity contribution in [3.8, 4) is 6.07 Å². The van der Waals surface area contributed by atoms with Crippen LogP contribution in [0.3, 0.4) is 0 Å². The molecule has 2 nitrogen and oxygen atoms in total. The summed E-state index contributed by atoms with van der Waals surface area (Å²) in [5, 5.41) is 11.6. The summed E-state index contributed by atoms with van der Waals surface area (Å²) in [6, 6.07) is 11.8. The van der Waals surface area contributed by atoms with Crippen molar-refractivity contribution >= 4 is 27.3 Å². The Morgan fingerprint density at radius 1 is 1.05 bits per heavy atom. The normalized spacial score (nSPS) is 10.9. The van der Waals surface area contributed by atoms with Gasteiger partial charge in [0.2, 0.25) is 0 Å². The zero-order valence-corrected chi connectivity index (χ0v) is 11.6. The number of benzene rings is 2. The molecule has 0 fully saturated rings. The van der Waals surface area contributed by atoms with Crippen LogP contribution in [0, 0.1) is 11.3 Å². The molecule has 0 atom stereocenters. The second-order valence-electron chi connectivity index (χ2n) is 4.01. The largest absolute Gasteiger partial charge is 0.416 e. The first kappa shape index (κ1) is 14.4. The Morgan fingerprint density at radius 2 is 1.70 bits per heavy atom. The van der Waals surface area contributed by atoms with Crippen molar-refractivity contribution in [3.05, 3.63) is 58.1 Å². The van der Waals surface area contributed by atoms with Gasteiger partial charge in [-0.1, -0.05) is 0 Å². The second-order valence-corrected chi connectivity index (χ2v) is 4.86. The molecule has 0 aliphatic heterocycles. The van der Waals surface area contributed by atoms with Crippen LogP contribution in [0.1, 0.15) is 11.1 Å². The molecule has 0 amide bonds. The van der Waals surface area contributed by atoms with Crippen molar-refractivity contribution in [1.29, 1.82) is 5.26 Å². The Kier molecular flexibility index (Phi) is 4.00. The molecule has 2 aromatic rings. The fourth-order valence-corrected chi connectivity index (χ4v) is 1.93. The third kappa shape index (κ3) is 3.31. The van der Waals surface area contributed by atoms with E-state index in [0.29, 0.717) is 21.4 Å². The minimum absolute atomic E-state index is 0.310. The number of alkyl halides is 3. The molecule has 0 saturated heterocycles. The van der Waals surface area contributed by atoms with Gasteiger partial charge in [-0.3, -0.25) is 0 Å². The molecule has 0 aliphatic carbocycles. The summed E-state index contributed by atoms with van der Waals surface area (Å²) in [6.07, 6.45) is -4.39. The van der Waals surface area contributed by atoms with Crippen molar-refractivity contribution in [2.75, 3.05) is 5.32 Å². The molecule has 20 heavy (non-hydrogen) atoms. The van der Waals surface area contributed by atoms with Crippen molar-refractivity contribution in [2.45, 2.75) is 6.18 Å². The maximum Gasteiger partial charge on any atom is 0.416 e. The van der Waals surface area contributed by atoms with E-state index in [2.05, 4.69) is 21.2 Å². The van der Waals surface area contributed by atoms with Crippen molar-refractivity contribution in [3.63, 3.8) is 0 Å². The predicted molar refractivity (Wildman–Crippen MR) is 73.6 cm³/mol. The van der Waals surface area contributed by atoms with E-state index in [1.807, 2.05) is 6.07 Å². The quantitative estimate of drug-likeness (QED) is 0.827. The van der Waals surface area contributed by atoms with Crippen LogP contribution >= 0.6 is 15.9 Å². The number of hydrogen-bond donors (Lipinski definition) is 1. The maximum atomic E-state index is 12.7. The minimum Gasteiger partial charge on any atom is -0.355 e. The Balaban J connectivity index is 2.30. The van der Waals surface area contributed by atoms with Crippen LogP contribution in [0.4, 0.5) is 24.5 Å². The Labute approximate surface area is 122 Å². The van der Waals surface area contributed by atoms with E-state index in [-0.39, 0.29) is 0 Å². The van der Waals surface area contributed by atoms with Crippen molar-refractivity contribution in [2.24, 2.45) is 0 Å². The SMILES string of the molecule is N#Cc1ccc(Nc2cc(C(F)(F)F)ccc2Br)cc1. The second kappa shape index (κ2) is 5.55. The molecule has 0 aromatic heterocycles. The molecule has 102 valence electrons. The summed E-state index contributed by atoms with van der Waals surface area (Å²) in [7, 11) is 0. The lowest BCUT2D eigenvalue weighted by Crippen LogP contribution is -2.05. The van der Waals surface area contributed by atoms with Gasteiger partial charge in [0.1, 0.15) is 0 Å². The van der Waals surface area contributed by atoms with E-state index in [1.165, 1.54) is 6.07 Å². The number of nitrogens with one attached hydrogen (secondary N) is 1. The molecule has 0 heterocycles. The van der Waals surface area contributed by atoms with Gasteiger partial charge in [0.05, 0.1) is 22.9 Å². The molecular formula is C14H8BrF3N2. The summed E-state index contributed by atoms with van der Waals surface area (Å²) >= 11 is 3.20. The Bertz CT molecular complexity index is 658. The third-order valence-electron chi connectivity index (χ3n) is 2.59. The number of hydrogen-bond acceptors (Lipinski definition) is 2. The highest BCUT2D eigenvalue weighted by molar-refractivity contribution is 9.10. The molecular weight excluding hydrogens is 333 g/mol. The summed E-state index contributed by atoms with van der Waals surface area (Å²) in [4.78, 5) is 0. The molecule has 0 radical (unpaired) electrons. The van der Waals surface area contributed by atoms with Crippen LogP contribution < -0.4 is 5.32 Å². The molecule has 1 N–H and O–H groups in total. The van der Waals surface area contributed by atoms with Crippen LogP contribution in [0.15, 0.2) is 46.9 Å². The summed E-state index contributed by atoms with van der Waals surface area (Å²) in [5.41, 5.74) is 0.670. The van der Waals surface area contributed by atoms with Crippen LogP contribution in [-0.2, 0) is 6.18 Å². The van der Waals surface area contributed by atoms with E-state index in [1.54, 1.807) is 24.3 Å². The standard InChI is InChI=1S/C14H8BrF3N2/c15-12-6-3-10(14(16,17)18)7-13(12)20-11-4-1-9(8-19)2-5-11/h1-7,20H. The number of nitrogens with zero attached hydrogens (tertiary/aromatic N) is 1. The Hall–Kier alpha value is -2.00. The average molecular weight is 341 g/mol. The first-order valence-corrected chi connectivity index (χ1v) is 6.33. The lowest BCUT2D eigenvalue weighted by atomic mass is 10.1. The highest BCUT2D eigenvalue weighted by atomic mass is 79.9. The highest BCUT2D eigenvalue weighted by Gasteiger charge is 2.30. The first-order chi connectivity index (χ1) is 9.40. The smallest absolute Gasteiger partial charge is 0.355 e. The molecule has 2 aromatic carbocycles. The van der Waals surface area contributed by atoms with E-state index in [9.17, 15) is 13.2 Å². The molecule has 0 spiro atoms. The average Bonchev–Trinajstić information content (AvgIpc) is 2.41. The maximum absolute atomic E-state index is 12.7. The van der Waals surface area contributed by atoms with E-state index in [4.69, 9.17) is 5.26 Å². The minimum atomic E-state index is -4.39. The van der Waals surface area contributed by atoms with Gasteiger partial charge in [-0.2, -0.15) is 18.4 Å². The van der Waals surface area contributed by atoms with Crippen LogP contribution in [0.5, 0.6) is 0 Å². The van der Waals surface area contributed by atoms with Gasteiger partial charge in [0, 0.05) is 10.2 Å². The summed E-state index contributed by atoms with van der Waals surface area (Å²) < 4.78 is 38.5. The lowest BCUT2D eigenvalue weighted by molar-refractivity contribution is -0.137.